The van der Waals surface area contributed by atoms with Gasteiger partial charge in [-0.2, -0.15) is 0 Å². The van der Waals surface area contributed by atoms with Crippen LogP contribution in [0.3, 0.4) is 0 Å². The fraction of sp³-hybridized carbons (Fsp3) is 0.571. The SMILES string of the molecule is Cc1ccc(S(=O)(=O)NCC2CCNCC2C)cc1. The minimum Gasteiger partial charge on any atom is -0.316 e. The van der Waals surface area contributed by atoms with E-state index in [2.05, 4.69) is 17.0 Å². The van der Waals surface area contributed by atoms with Crippen molar-refractivity contribution in [3.63, 3.8) is 0 Å². The number of benzene rings is 1. The fourth-order valence-electron chi connectivity index (χ4n) is 2.39. The van der Waals surface area contributed by atoms with E-state index in [9.17, 15) is 8.42 Å². The first-order valence-corrected chi connectivity index (χ1v) is 8.24. The molecule has 5 heteroatoms. The van der Waals surface area contributed by atoms with Crippen molar-refractivity contribution < 1.29 is 8.42 Å². The van der Waals surface area contributed by atoms with Gasteiger partial charge in [-0.15, -0.1) is 0 Å². The first-order chi connectivity index (χ1) is 8.99. The van der Waals surface area contributed by atoms with Gasteiger partial charge in [0.1, 0.15) is 0 Å². The quantitative estimate of drug-likeness (QED) is 0.880. The van der Waals surface area contributed by atoms with Crippen LogP contribution in [0.15, 0.2) is 29.2 Å². The molecule has 0 radical (unpaired) electrons. The van der Waals surface area contributed by atoms with Gasteiger partial charge in [0, 0.05) is 6.54 Å². The van der Waals surface area contributed by atoms with Crippen molar-refractivity contribution in [1.82, 2.24) is 10.0 Å². The molecule has 2 N–H and O–H groups in total. The van der Waals surface area contributed by atoms with E-state index in [0.717, 1.165) is 25.1 Å². The van der Waals surface area contributed by atoms with Crippen molar-refractivity contribution in [2.24, 2.45) is 11.8 Å². The number of piperidine rings is 1. The minimum atomic E-state index is -3.37. The first-order valence-electron chi connectivity index (χ1n) is 6.76. The lowest BCUT2D eigenvalue weighted by atomic mass is 9.88. The highest BCUT2D eigenvalue weighted by Gasteiger charge is 2.23. The van der Waals surface area contributed by atoms with Gasteiger partial charge in [-0.1, -0.05) is 24.6 Å². The second kappa shape index (κ2) is 6.03. The molecule has 0 aromatic heterocycles. The zero-order chi connectivity index (χ0) is 13.9. The molecule has 4 nitrogen and oxygen atoms in total. The van der Waals surface area contributed by atoms with Gasteiger partial charge in [-0.25, -0.2) is 13.1 Å². The van der Waals surface area contributed by atoms with Crippen LogP contribution in [0.5, 0.6) is 0 Å². The zero-order valence-electron chi connectivity index (χ0n) is 11.5. The Morgan fingerprint density at radius 3 is 2.63 bits per heavy atom. The summed E-state index contributed by atoms with van der Waals surface area (Å²) in [5, 5.41) is 3.32. The Balaban J connectivity index is 1.99. The molecule has 1 heterocycles. The summed E-state index contributed by atoms with van der Waals surface area (Å²) in [5.41, 5.74) is 1.06. The second-order valence-corrected chi connectivity index (χ2v) is 7.16. The molecular formula is C14H22N2O2S. The lowest BCUT2D eigenvalue weighted by Crippen LogP contribution is -2.41. The molecule has 2 rings (SSSR count). The maximum atomic E-state index is 12.2. The van der Waals surface area contributed by atoms with Crippen LogP contribution in [0, 0.1) is 18.8 Å². The highest BCUT2D eigenvalue weighted by molar-refractivity contribution is 7.89. The van der Waals surface area contributed by atoms with Crippen molar-refractivity contribution in [1.29, 1.82) is 0 Å². The Hall–Kier alpha value is -0.910. The van der Waals surface area contributed by atoms with Gasteiger partial charge in [0.25, 0.3) is 0 Å². The van der Waals surface area contributed by atoms with Crippen molar-refractivity contribution in [2.75, 3.05) is 19.6 Å². The lowest BCUT2D eigenvalue weighted by Gasteiger charge is -2.29. The number of hydrogen-bond acceptors (Lipinski definition) is 3. The number of nitrogens with one attached hydrogen (secondary N) is 2. The molecule has 1 aromatic carbocycles. The van der Waals surface area contributed by atoms with E-state index in [1.807, 2.05) is 19.1 Å². The Labute approximate surface area is 115 Å². The molecule has 2 atom stereocenters. The standard InChI is InChI=1S/C14H22N2O2S/c1-11-3-5-14(6-4-11)19(17,18)16-10-13-7-8-15-9-12(13)2/h3-6,12-13,15-16H,7-10H2,1-2H3. The summed E-state index contributed by atoms with van der Waals surface area (Å²) in [7, 11) is -3.37. The zero-order valence-corrected chi connectivity index (χ0v) is 12.3. The largest absolute Gasteiger partial charge is 0.316 e. The smallest absolute Gasteiger partial charge is 0.240 e. The average Bonchev–Trinajstić information content (AvgIpc) is 2.38. The summed E-state index contributed by atoms with van der Waals surface area (Å²) in [5.74, 6) is 0.927. The first kappa shape index (κ1) is 14.5. The molecule has 1 saturated heterocycles. The Kier molecular flexibility index (Phi) is 4.60. The third kappa shape index (κ3) is 3.78. The van der Waals surface area contributed by atoms with Crippen molar-refractivity contribution >= 4 is 10.0 Å². The van der Waals surface area contributed by atoms with Gasteiger partial charge in [-0.3, -0.25) is 0 Å². The second-order valence-electron chi connectivity index (χ2n) is 5.40. The molecule has 19 heavy (non-hydrogen) atoms. The summed E-state index contributed by atoms with van der Waals surface area (Å²) >= 11 is 0. The monoisotopic (exact) mass is 282 g/mol. The molecule has 0 saturated carbocycles. The Morgan fingerprint density at radius 1 is 1.32 bits per heavy atom. The van der Waals surface area contributed by atoms with Gasteiger partial charge in [0.2, 0.25) is 10.0 Å². The summed E-state index contributed by atoms with van der Waals surface area (Å²) in [4.78, 5) is 0.347. The highest BCUT2D eigenvalue weighted by atomic mass is 32.2. The van der Waals surface area contributed by atoms with Crippen LogP contribution >= 0.6 is 0 Å². The predicted octanol–water partition coefficient (Wildman–Crippen LogP) is 1.52. The minimum absolute atomic E-state index is 0.347. The van der Waals surface area contributed by atoms with Crippen LogP contribution in [0.2, 0.25) is 0 Å². The van der Waals surface area contributed by atoms with E-state index >= 15 is 0 Å². The molecule has 106 valence electrons. The molecule has 0 spiro atoms. The van der Waals surface area contributed by atoms with Crippen molar-refractivity contribution in [3.05, 3.63) is 29.8 Å². The van der Waals surface area contributed by atoms with E-state index < -0.39 is 10.0 Å². The average molecular weight is 282 g/mol. The maximum Gasteiger partial charge on any atom is 0.240 e. The summed E-state index contributed by atoms with van der Waals surface area (Å²) < 4.78 is 27.1. The third-order valence-corrected chi connectivity index (χ3v) is 5.27. The number of rotatable bonds is 4. The Morgan fingerprint density at radius 2 is 2.00 bits per heavy atom. The van der Waals surface area contributed by atoms with Gasteiger partial charge in [0.15, 0.2) is 0 Å². The van der Waals surface area contributed by atoms with Gasteiger partial charge in [-0.05, 0) is 50.4 Å². The van der Waals surface area contributed by atoms with Crippen molar-refractivity contribution in [2.45, 2.75) is 25.2 Å². The number of sulfonamides is 1. The van der Waals surface area contributed by atoms with Crippen molar-refractivity contribution in [3.8, 4) is 0 Å². The van der Waals surface area contributed by atoms with E-state index in [1.54, 1.807) is 12.1 Å². The van der Waals surface area contributed by atoms with Crippen LogP contribution < -0.4 is 10.0 Å². The number of hydrogen-bond donors (Lipinski definition) is 2. The van der Waals surface area contributed by atoms with Gasteiger partial charge < -0.3 is 5.32 Å². The molecular weight excluding hydrogens is 260 g/mol. The molecule has 1 aliphatic rings. The summed E-state index contributed by atoms with van der Waals surface area (Å²) in [6, 6.07) is 6.95. The van der Waals surface area contributed by atoms with Gasteiger partial charge in [0.05, 0.1) is 4.90 Å². The van der Waals surface area contributed by atoms with Crippen LogP contribution in [-0.2, 0) is 10.0 Å². The summed E-state index contributed by atoms with van der Waals surface area (Å²) in [6.07, 6.45) is 1.03. The normalized spacial score (nSPS) is 24.3. The van der Waals surface area contributed by atoms with Crippen LogP contribution in [0.1, 0.15) is 18.9 Å². The molecule has 0 amide bonds. The van der Waals surface area contributed by atoms with E-state index in [0.29, 0.717) is 23.3 Å². The highest BCUT2D eigenvalue weighted by Crippen LogP contribution is 2.18. The van der Waals surface area contributed by atoms with Crippen LogP contribution in [0.4, 0.5) is 0 Å². The van der Waals surface area contributed by atoms with E-state index in [1.165, 1.54) is 0 Å². The molecule has 0 bridgehead atoms. The van der Waals surface area contributed by atoms with E-state index in [-0.39, 0.29) is 0 Å². The predicted molar refractivity (Wildman–Crippen MR) is 76.5 cm³/mol. The lowest BCUT2D eigenvalue weighted by molar-refractivity contribution is 0.274. The molecule has 2 unspecified atom stereocenters. The fourth-order valence-corrected chi connectivity index (χ4v) is 3.48. The topological polar surface area (TPSA) is 58.2 Å². The summed E-state index contributed by atoms with van der Waals surface area (Å²) in [6.45, 7) is 6.58. The van der Waals surface area contributed by atoms with E-state index in [4.69, 9.17) is 0 Å². The molecule has 1 aromatic rings. The van der Waals surface area contributed by atoms with Crippen LogP contribution in [-0.4, -0.2) is 28.1 Å². The number of aryl methyl sites for hydroxylation is 1. The molecule has 1 aliphatic heterocycles. The molecule has 1 fully saturated rings. The van der Waals surface area contributed by atoms with Gasteiger partial charge >= 0.3 is 0 Å². The third-order valence-electron chi connectivity index (χ3n) is 3.83. The maximum absolute atomic E-state index is 12.2. The Bertz CT molecular complexity index is 511. The molecule has 0 aliphatic carbocycles. The van der Waals surface area contributed by atoms with Crippen LogP contribution in [0.25, 0.3) is 0 Å².